The van der Waals surface area contributed by atoms with E-state index >= 15 is 0 Å². The molecular formula is C24H40O2. The summed E-state index contributed by atoms with van der Waals surface area (Å²) in [5.74, 6) is 1.18. The van der Waals surface area contributed by atoms with Crippen molar-refractivity contribution in [3.05, 3.63) is 28.8 Å². The molecule has 2 rings (SSSR count). The summed E-state index contributed by atoms with van der Waals surface area (Å²) in [6.45, 7) is 16.2. The van der Waals surface area contributed by atoms with Crippen LogP contribution in [0.25, 0.3) is 0 Å². The van der Waals surface area contributed by atoms with Crippen LogP contribution in [0.2, 0.25) is 0 Å². The number of phenolic OH excluding ortho intramolecular Hbond substituents is 1. The topological polar surface area (TPSA) is 29.5 Å². The lowest BCUT2D eigenvalue weighted by molar-refractivity contribution is -0.0200. The Labute approximate surface area is 161 Å². The fraction of sp³-hybridized carbons (Fsp3) is 0.750. The van der Waals surface area contributed by atoms with E-state index in [1.165, 1.54) is 37.7 Å². The van der Waals surface area contributed by atoms with E-state index < -0.39 is 0 Å². The fourth-order valence-electron chi connectivity index (χ4n) is 3.97. The van der Waals surface area contributed by atoms with Crippen molar-refractivity contribution < 1.29 is 9.84 Å². The summed E-state index contributed by atoms with van der Waals surface area (Å²) in [5, 5.41) is 10.9. The molecule has 1 aromatic rings. The number of ether oxygens (including phenoxy) is 1. The first-order valence-corrected chi connectivity index (χ1v) is 10.5. The zero-order chi connectivity index (χ0) is 19.5. The van der Waals surface area contributed by atoms with E-state index in [9.17, 15) is 5.11 Å². The van der Waals surface area contributed by atoms with Gasteiger partial charge in [0, 0.05) is 0 Å². The second kappa shape index (κ2) is 8.33. The minimum absolute atomic E-state index is 0.0859. The predicted molar refractivity (Wildman–Crippen MR) is 111 cm³/mol. The highest BCUT2D eigenvalue weighted by molar-refractivity contribution is 5.50. The Balaban J connectivity index is 2.22. The van der Waals surface area contributed by atoms with E-state index in [2.05, 4.69) is 60.6 Å². The van der Waals surface area contributed by atoms with Gasteiger partial charge in [-0.2, -0.15) is 0 Å². The second-order valence-corrected chi connectivity index (χ2v) is 10.2. The van der Waals surface area contributed by atoms with Gasteiger partial charge < -0.3 is 9.84 Å². The van der Waals surface area contributed by atoms with Crippen molar-refractivity contribution >= 4 is 0 Å². The molecule has 2 nitrogen and oxygen atoms in total. The van der Waals surface area contributed by atoms with Crippen LogP contribution in [0, 0.1) is 5.92 Å². The molecule has 2 atom stereocenters. The van der Waals surface area contributed by atoms with Gasteiger partial charge in [0.25, 0.3) is 0 Å². The van der Waals surface area contributed by atoms with Gasteiger partial charge in [-0.25, -0.2) is 0 Å². The van der Waals surface area contributed by atoms with Gasteiger partial charge in [-0.1, -0.05) is 67.7 Å². The van der Waals surface area contributed by atoms with Crippen LogP contribution in [0.4, 0.5) is 0 Å². The minimum atomic E-state index is -0.0859. The average molecular weight is 361 g/mol. The monoisotopic (exact) mass is 360 g/mol. The third kappa shape index (κ3) is 5.25. The quantitative estimate of drug-likeness (QED) is 0.571. The number of aromatic hydroxyl groups is 1. The molecule has 0 bridgehead atoms. The largest absolute Gasteiger partial charge is 0.507 e. The number of hydrogen-bond donors (Lipinski definition) is 1. The standard InChI is InChI=1S/C24H40O2/c1-8-9-10-11-17-12-13-21(26-16-17)18-14-19(23(2,3)4)22(25)20(15-18)24(5,6)7/h14-15,17,21,25H,8-13,16H2,1-7H3. The van der Waals surface area contributed by atoms with Crippen molar-refractivity contribution in [1.82, 2.24) is 0 Å². The predicted octanol–water partition coefficient (Wildman–Crippen LogP) is 7.04. The molecule has 0 spiro atoms. The van der Waals surface area contributed by atoms with Crippen molar-refractivity contribution in [2.24, 2.45) is 5.92 Å². The highest BCUT2D eigenvalue weighted by Crippen LogP contribution is 2.43. The normalized spacial score (nSPS) is 21.8. The Morgan fingerprint density at radius 1 is 0.962 bits per heavy atom. The summed E-state index contributed by atoms with van der Waals surface area (Å²) in [4.78, 5) is 0. The summed E-state index contributed by atoms with van der Waals surface area (Å²) in [6.07, 6.45) is 7.77. The van der Waals surface area contributed by atoms with E-state index in [0.29, 0.717) is 5.75 Å². The van der Waals surface area contributed by atoms with E-state index in [1.54, 1.807) is 0 Å². The van der Waals surface area contributed by atoms with E-state index in [4.69, 9.17) is 4.74 Å². The highest BCUT2D eigenvalue weighted by atomic mass is 16.5. The lowest BCUT2D eigenvalue weighted by Crippen LogP contribution is -2.23. The maximum atomic E-state index is 10.9. The van der Waals surface area contributed by atoms with Crippen molar-refractivity contribution in [3.63, 3.8) is 0 Å². The van der Waals surface area contributed by atoms with Crippen LogP contribution < -0.4 is 0 Å². The molecule has 0 radical (unpaired) electrons. The maximum absolute atomic E-state index is 10.9. The fourth-order valence-corrected chi connectivity index (χ4v) is 3.97. The Morgan fingerprint density at radius 2 is 1.54 bits per heavy atom. The molecule has 0 amide bonds. The Kier molecular flexibility index (Phi) is 6.82. The van der Waals surface area contributed by atoms with Crippen molar-refractivity contribution in [2.45, 2.75) is 104 Å². The van der Waals surface area contributed by atoms with Crippen LogP contribution in [0.1, 0.15) is 110 Å². The van der Waals surface area contributed by atoms with E-state index in [1.807, 2.05) is 0 Å². The van der Waals surface area contributed by atoms with Gasteiger partial charge in [0.05, 0.1) is 12.7 Å². The molecule has 1 saturated heterocycles. The number of benzene rings is 1. The van der Waals surface area contributed by atoms with Crippen LogP contribution in [-0.4, -0.2) is 11.7 Å². The first-order valence-electron chi connectivity index (χ1n) is 10.5. The number of rotatable bonds is 5. The van der Waals surface area contributed by atoms with Gasteiger partial charge in [0.15, 0.2) is 0 Å². The first kappa shape index (κ1) is 21.3. The van der Waals surface area contributed by atoms with Crippen molar-refractivity contribution in [3.8, 4) is 5.75 Å². The average Bonchev–Trinajstić information content (AvgIpc) is 2.54. The molecule has 1 heterocycles. The molecule has 1 N–H and O–H groups in total. The summed E-state index contributed by atoms with van der Waals surface area (Å²) < 4.78 is 6.30. The second-order valence-electron chi connectivity index (χ2n) is 10.2. The number of hydrogen-bond acceptors (Lipinski definition) is 2. The molecule has 0 saturated carbocycles. The van der Waals surface area contributed by atoms with Gasteiger partial charge in [-0.15, -0.1) is 0 Å². The van der Waals surface area contributed by atoms with Crippen LogP contribution in [-0.2, 0) is 15.6 Å². The van der Waals surface area contributed by atoms with Crippen molar-refractivity contribution in [2.75, 3.05) is 6.61 Å². The molecule has 0 aliphatic carbocycles. The van der Waals surface area contributed by atoms with Crippen LogP contribution in [0.5, 0.6) is 5.75 Å². The first-order chi connectivity index (χ1) is 12.0. The Hall–Kier alpha value is -1.02. The third-order valence-corrected chi connectivity index (χ3v) is 5.71. The lowest BCUT2D eigenvalue weighted by Gasteiger charge is -2.33. The summed E-state index contributed by atoms with van der Waals surface area (Å²) in [7, 11) is 0. The van der Waals surface area contributed by atoms with Crippen LogP contribution in [0.15, 0.2) is 12.1 Å². The van der Waals surface area contributed by atoms with E-state index in [0.717, 1.165) is 30.1 Å². The lowest BCUT2D eigenvalue weighted by atomic mass is 9.77. The summed E-state index contributed by atoms with van der Waals surface area (Å²) in [5.41, 5.74) is 3.14. The Morgan fingerprint density at radius 3 is 1.96 bits per heavy atom. The number of phenols is 1. The molecule has 1 aliphatic rings. The molecule has 2 heteroatoms. The molecule has 1 aliphatic heterocycles. The van der Waals surface area contributed by atoms with Gasteiger partial charge >= 0.3 is 0 Å². The minimum Gasteiger partial charge on any atom is -0.507 e. The maximum Gasteiger partial charge on any atom is 0.123 e. The zero-order valence-corrected chi connectivity index (χ0v) is 18.1. The highest BCUT2D eigenvalue weighted by Gasteiger charge is 2.30. The van der Waals surface area contributed by atoms with Crippen molar-refractivity contribution in [1.29, 1.82) is 0 Å². The summed E-state index contributed by atoms with van der Waals surface area (Å²) >= 11 is 0. The van der Waals surface area contributed by atoms with Crippen LogP contribution in [0.3, 0.4) is 0 Å². The van der Waals surface area contributed by atoms with Crippen LogP contribution >= 0.6 is 0 Å². The SMILES string of the molecule is CCCCCC1CCC(c2cc(C(C)(C)C)c(O)c(C(C)(C)C)c2)OC1. The van der Waals surface area contributed by atoms with Gasteiger partial charge in [0.2, 0.25) is 0 Å². The zero-order valence-electron chi connectivity index (χ0n) is 18.1. The molecule has 26 heavy (non-hydrogen) atoms. The molecule has 1 aromatic carbocycles. The van der Waals surface area contributed by atoms with Gasteiger partial charge in [0.1, 0.15) is 5.75 Å². The molecule has 2 unspecified atom stereocenters. The third-order valence-electron chi connectivity index (χ3n) is 5.71. The van der Waals surface area contributed by atoms with Gasteiger partial charge in [-0.3, -0.25) is 0 Å². The molecule has 1 fully saturated rings. The summed E-state index contributed by atoms with van der Waals surface area (Å²) in [6, 6.07) is 4.37. The smallest absolute Gasteiger partial charge is 0.123 e. The molecular weight excluding hydrogens is 320 g/mol. The molecule has 148 valence electrons. The Bertz CT molecular complexity index is 546. The van der Waals surface area contributed by atoms with E-state index in [-0.39, 0.29) is 16.9 Å². The molecule has 0 aromatic heterocycles. The number of unbranched alkanes of at least 4 members (excludes halogenated alkanes) is 2. The van der Waals surface area contributed by atoms with Gasteiger partial charge in [-0.05, 0) is 64.8 Å².